The van der Waals surface area contributed by atoms with Crippen LogP contribution in [-0.4, -0.2) is 40.2 Å². The molecule has 1 amide bonds. The van der Waals surface area contributed by atoms with Gasteiger partial charge in [-0.25, -0.2) is 8.42 Å². The molecule has 2 aliphatic heterocycles. The van der Waals surface area contributed by atoms with Gasteiger partial charge in [-0.3, -0.25) is 9.52 Å². The molecule has 0 radical (unpaired) electrons. The molecule has 0 bridgehead atoms. The molecule has 0 aromatic heterocycles. The molecule has 2 aromatic carbocycles. The zero-order chi connectivity index (χ0) is 21.3. The van der Waals surface area contributed by atoms with E-state index in [2.05, 4.69) is 4.72 Å². The van der Waals surface area contributed by atoms with E-state index in [9.17, 15) is 13.2 Å². The van der Waals surface area contributed by atoms with E-state index in [0.29, 0.717) is 37.6 Å². The minimum absolute atomic E-state index is 0.00977. The molecule has 1 saturated heterocycles. The first-order chi connectivity index (χ1) is 14.4. The maximum Gasteiger partial charge on any atom is 0.261 e. The summed E-state index contributed by atoms with van der Waals surface area (Å²) in [7, 11) is -3.73. The first-order valence-electron chi connectivity index (χ1n) is 10.2. The highest BCUT2D eigenvalue weighted by Gasteiger charge is 2.32. The van der Waals surface area contributed by atoms with Gasteiger partial charge in [0, 0.05) is 24.5 Å². The van der Waals surface area contributed by atoms with Crippen LogP contribution in [0.25, 0.3) is 0 Å². The lowest BCUT2D eigenvalue weighted by Gasteiger charge is -2.21. The highest BCUT2D eigenvalue weighted by molar-refractivity contribution is 7.92. The Kier molecular flexibility index (Phi) is 5.71. The monoisotopic (exact) mass is 430 g/mol. The number of ether oxygens (including phenoxy) is 2. The van der Waals surface area contributed by atoms with E-state index >= 15 is 0 Å². The molecule has 30 heavy (non-hydrogen) atoms. The predicted molar refractivity (Wildman–Crippen MR) is 115 cm³/mol. The van der Waals surface area contributed by atoms with Crippen LogP contribution in [0.3, 0.4) is 0 Å². The van der Waals surface area contributed by atoms with Gasteiger partial charge in [-0.2, -0.15) is 0 Å². The fourth-order valence-corrected chi connectivity index (χ4v) is 5.10. The quantitative estimate of drug-likeness (QED) is 0.760. The van der Waals surface area contributed by atoms with Gasteiger partial charge >= 0.3 is 0 Å². The smallest absolute Gasteiger partial charge is 0.261 e. The third-order valence-electron chi connectivity index (χ3n) is 5.45. The van der Waals surface area contributed by atoms with Gasteiger partial charge in [0.2, 0.25) is 0 Å². The van der Waals surface area contributed by atoms with Crippen LogP contribution in [0.15, 0.2) is 41.3 Å². The number of nitrogens with zero attached hydrogens (tertiary/aromatic N) is 1. The van der Waals surface area contributed by atoms with Crippen molar-refractivity contribution in [3.8, 4) is 5.75 Å². The average molecular weight is 431 g/mol. The van der Waals surface area contributed by atoms with Crippen molar-refractivity contribution in [1.29, 1.82) is 0 Å². The first kappa shape index (κ1) is 20.7. The lowest BCUT2D eigenvalue weighted by atomic mass is 10.1. The number of amides is 1. The predicted octanol–water partition coefficient (Wildman–Crippen LogP) is 3.26. The molecular weight excluding hydrogens is 404 g/mol. The SMILES string of the molecule is CCOc1ccc(S(=O)(=O)Nc2ccc3c(c2)CCN3C(=O)C2CCCO2)cc1C. The molecule has 2 heterocycles. The highest BCUT2D eigenvalue weighted by Crippen LogP contribution is 2.33. The van der Waals surface area contributed by atoms with Gasteiger partial charge in [0.25, 0.3) is 15.9 Å². The third-order valence-corrected chi connectivity index (χ3v) is 6.83. The number of nitrogens with one attached hydrogen (secondary N) is 1. The summed E-state index contributed by atoms with van der Waals surface area (Å²) >= 11 is 0. The van der Waals surface area contributed by atoms with Crippen molar-refractivity contribution < 1.29 is 22.7 Å². The molecule has 0 aliphatic carbocycles. The minimum atomic E-state index is -3.73. The van der Waals surface area contributed by atoms with Gasteiger partial charge in [0.1, 0.15) is 11.9 Å². The topological polar surface area (TPSA) is 84.9 Å². The second-order valence-electron chi connectivity index (χ2n) is 7.55. The second kappa shape index (κ2) is 8.28. The van der Waals surface area contributed by atoms with E-state index in [1.807, 2.05) is 13.8 Å². The van der Waals surface area contributed by atoms with E-state index in [1.54, 1.807) is 35.2 Å². The Morgan fingerprint density at radius 3 is 2.80 bits per heavy atom. The molecule has 7 nitrogen and oxygen atoms in total. The summed E-state index contributed by atoms with van der Waals surface area (Å²) in [5, 5.41) is 0. The number of hydrogen-bond donors (Lipinski definition) is 1. The number of carbonyl (C=O) groups is 1. The lowest BCUT2D eigenvalue weighted by molar-refractivity contribution is -0.127. The van der Waals surface area contributed by atoms with E-state index in [4.69, 9.17) is 9.47 Å². The molecule has 1 atom stereocenters. The molecule has 2 aliphatic rings. The number of benzene rings is 2. The molecular formula is C22H26N2O5S. The Hall–Kier alpha value is -2.58. The largest absolute Gasteiger partial charge is 0.494 e. The molecule has 1 unspecified atom stereocenters. The summed E-state index contributed by atoms with van der Waals surface area (Å²) in [5.41, 5.74) is 3.02. The molecule has 0 saturated carbocycles. The van der Waals surface area contributed by atoms with Crippen LogP contribution in [0, 0.1) is 6.92 Å². The maximum absolute atomic E-state index is 12.8. The summed E-state index contributed by atoms with van der Waals surface area (Å²) in [6.45, 7) is 5.44. The summed E-state index contributed by atoms with van der Waals surface area (Å²) in [6.07, 6.45) is 1.98. The zero-order valence-electron chi connectivity index (χ0n) is 17.2. The second-order valence-corrected chi connectivity index (χ2v) is 9.23. The van der Waals surface area contributed by atoms with Crippen molar-refractivity contribution in [3.05, 3.63) is 47.5 Å². The molecule has 160 valence electrons. The van der Waals surface area contributed by atoms with E-state index in [1.165, 1.54) is 6.07 Å². The number of carbonyl (C=O) groups excluding carboxylic acids is 1. The van der Waals surface area contributed by atoms with Gasteiger partial charge < -0.3 is 14.4 Å². The van der Waals surface area contributed by atoms with Crippen LogP contribution in [0.4, 0.5) is 11.4 Å². The van der Waals surface area contributed by atoms with Gasteiger partial charge in [0.15, 0.2) is 0 Å². The Morgan fingerprint density at radius 2 is 2.10 bits per heavy atom. The first-order valence-corrected chi connectivity index (χ1v) is 11.7. The van der Waals surface area contributed by atoms with Gasteiger partial charge in [-0.05, 0) is 80.6 Å². The van der Waals surface area contributed by atoms with Crippen LogP contribution in [0.5, 0.6) is 5.75 Å². The fraction of sp³-hybridized carbons (Fsp3) is 0.409. The van der Waals surface area contributed by atoms with Crippen molar-refractivity contribution in [1.82, 2.24) is 0 Å². The van der Waals surface area contributed by atoms with Crippen molar-refractivity contribution in [2.24, 2.45) is 0 Å². The van der Waals surface area contributed by atoms with E-state index in [-0.39, 0.29) is 16.9 Å². The van der Waals surface area contributed by atoms with Crippen LogP contribution < -0.4 is 14.4 Å². The van der Waals surface area contributed by atoms with Crippen LogP contribution in [-0.2, 0) is 26.0 Å². The van der Waals surface area contributed by atoms with Crippen molar-refractivity contribution in [2.75, 3.05) is 29.4 Å². The van der Waals surface area contributed by atoms with Crippen molar-refractivity contribution in [2.45, 2.75) is 44.1 Å². The van der Waals surface area contributed by atoms with Gasteiger partial charge in [-0.15, -0.1) is 0 Å². The Morgan fingerprint density at radius 1 is 1.27 bits per heavy atom. The number of rotatable bonds is 6. The fourth-order valence-electron chi connectivity index (χ4n) is 3.96. The summed E-state index contributed by atoms with van der Waals surface area (Å²) in [5.74, 6) is 0.662. The standard InChI is InChI=1S/C22H26N2O5S/c1-3-28-20-9-7-18(13-15(20)2)30(26,27)23-17-6-8-19-16(14-17)10-11-24(19)22(25)21-5-4-12-29-21/h6-9,13-14,21,23H,3-5,10-12H2,1-2H3. The molecule has 2 aromatic rings. The number of hydrogen-bond acceptors (Lipinski definition) is 5. The van der Waals surface area contributed by atoms with Gasteiger partial charge in [-0.1, -0.05) is 0 Å². The maximum atomic E-state index is 12.8. The van der Waals surface area contributed by atoms with Crippen LogP contribution in [0.1, 0.15) is 30.9 Å². The van der Waals surface area contributed by atoms with Crippen LogP contribution >= 0.6 is 0 Å². The Bertz CT molecular complexity index is 1060. The summed E-state index contributed by atoms with van der Waals surface area (Å²) < 4.78 is 39.3. The van der Waals surface area contributed by atoms with E-state index in [0.717, 1.165) is 29.7 Å². The van der Waals surface area contributed by atoms with Crippen molar-refractivity contribution >= 4 is 27.3 Å². The number of sulfonamides is 1. The Balaban J connectivity index is 1.52. The number of fused-ring (bicyclic) bond motifs is 1. The normalized spacial score (nSPS) is 18.3. The number of anilines is 2. The Labute approximate surface area is 177 Å². The van der Waals surface area contributed by atoms with E-state index < -0.39 is 10.0 Å². The number of aryl methyl sites for hydroxylation is 1. The third kappa shape index (κ3) is 4.02. The molecule has 4 rings (SSSR count). The summed E-state index contributed by atoms with van der Waals surface area (Å²) in [4.78, 5) is 14.6. The molecule has 8 heteroatoms. The van der Waals surface area contributed by atoms with Crippen LogP contribution in [0.2, 0.25) is 0 Å². The molecule has 1 N–H and O–H groups in total. The minimum Gasteiger partial charge on any atom is -0.494 e. The zero-order valence-corrected chi connectivity index (χ0v) is 18.0. The molecule has 0 spiro atoms. The highest BCUT2D eigenvalue weighted by atomic mass is 32.2. The summed E-state index contributed by atoms with van der Waals surface area (Å²) in [6, 6.07) is 10.1. The average Bonchev–Trinajstić information content (AvgIpc) is 3.38. The lowest BCUT2D eigenvalue weighted by Crippen LogP contribution is -2.37. The molecule has 1 fully saturated rings. The van der Waals surface area contributed by atoms with Gasteiger partial charge in [0.05, 0.1) is 11.5 Å². The van der Waals surface area contributed by atoms with Crippen molar-refractivity contribution in [3.63, 3.8) is 0 Å².